The van der Waals surface area contributed by atoms with Gasteiger partial charge in [-0.05, 0) is 30.6 Å². The Morgan fingerprint density at radius 3 is 2.71 bits per heavy atom. The third-order valence-electron chi connectivity index (χ3n) is 2.79. The summed E-state index contributed by atoms with van der Waals surface area (Å²) in [7, 11) is 3.89. The van der Waals surface area contributed by atoms with Gasteiger partial charge in [-0.3, -0.25) is 4.68 Å². The van der Waals surface area contributed by atoms with Gasteiger partial charge in [-0.1, -0.05) is 18.3 Å². The lowest BCUT2D eigenvalue weighted by Crippen LogP contribution is -2.21. The molecule has 2 aromatic heterocycles. The molecule has 0 aliphatic carbocycles. The third-order valence-corrected chi connectivity index (χ3v) is 3.60. The standard InChI is InChI=1S/C11H17N5S/c1-7(2)9-11(17-15-14-9)10(12-3)8-5-6-13-16(8)4/h5-7,10,12H,1-4H3. The predicted molar refractivity (Wildman–Crippen MR) is 68.1 cm³/mol. The van der Waals surface area contributed by atoms with Crippen LogP contribution >= 0.6 is 11.5 Å². The largest absolute Gasteiger partial charge is 0.307 e. The Morgan fingerprint density at radius 1 is 1.41 bits per heavy atom. The number of aryl methyl sites for hydroxylation is 1. The molecule has 2 aromatic rings. The molecule has 2 rings (SSSR count). The van der Waals surface area contributed by atoms with E-state index in [1.54, 1.807) is 0 Å². The van der Waals surface area contributed by atoms with Gasteiger partial charge in [0.2, 0.25) is 0 Å². The number of aromatic nitrogens is 4. The number of hydrogen-bond acceptors (Lipinski definition) is 5. The summed E-state index contributed by atoms with van der Waals surface area (Å²) in [6, 6.07) is 2.13. The Bertz CT molecular complexity index is 488. The third kappa shape index (κ3) is 2.23. The van der Waals surface area contributed by atoms with Crippen LogP contribution in [0, 0.1) is 0 Å². The first-order valence-corrected chi connectivity index (χ1v) is 6.39. The zero-order valence-corrected chi connectivity index (χ0v) is 11.3. The molecule has 1 N–H and O–H groups in total. The van der Waals surface area contributed by atoms with Crippen molar-refractivity contribution in [3.05, 3.63) is 28.5 Å². The molecule has 1 atom stereocenters. The Hall–Kier alpha value is -1.27. The zero-order chi connectivity index (χ0) is 12.4. The molecule has 0 aromatic carbocycles. The van der Waals surface area contributed by atoms with E-state index >= 15 is 0 Å². The Labute approximate surface area is 105 Å². The highest BCUT2D eigenvalue weighted by molar-refractivity contribution is 7.05. The normalized spacial score (nSPS) is 13.2. The zero-order valence-electron chi connectivity index (χ0n) is 10.5. The molecule has 0 radical (unpaired) electrons. The van der Waals surface area contributed by atoms with Gasteiger partial charge in [0.05, 0.1) is 22.3 Å². The van der Waals surface area contributed by atoms with Crippen LogP contribution in [0.5, 0.6) is 0 Å². The molecule has 2 heterocycles. The average Bonchev–Trinajstić information content (AvgIpc) is 2.90. The van der Waals surface area contributed by atoms with E-state index in [1.807, 2.05) is 31.0 Å². The van der Waals surface area contributed by atoms with Crippen LogP contribution < -0.4 is 5.32 Å². The molecule has 0 saturated heterocycles. The Kier molecular flexibility index (Phi) is 3.54. The maximum Gasteiger partial charge on any atom is 0.0874 e. The highest BCUT2D eigenvalue weighted by Crippen LogP contribution is 2.30. The Balaban J connectivity index is 2.43. The fraction of sp³-hybridized carbons (Fsp3) is 0.545. The minimum absolute atomic E-state index is 0.111. The molecule has 0 fully saturated rings. The Morgan fingerprint density at radius 2 is 2.18 bits per heavy atom. The molecule has 0 amide bonds. The summed E-state index contributed by atoms with van der Waals surface area (Å²) in [6.07, 6.45) is 1.81. The molecule has 0 aliphatic rings. The van der Waals surface area contributed by atoms with Gasteiger partial charge >= 0.3 is 0 Å². The van der Waals surface area contributed by atoms with Crippen LogP contribution in [0.1, 0.15) is 42.1 Å². The first kappa shape index (κ1) is 12.2. The van der Waals surface area contributed by atoms with Crippen LogP contribution in [0.4, 0.5) is 0 Å². The molecule has 0 bridgehead atoms. The monoisotopic (exact) mass is 251 g/mol. The fourth-order valence-corrected chi connectivity index (χ4v) is 2.82. The van der Waals surface area contributed by atoms with E-state index in [2.05, 4.69) is 33.8 Å². The lowest BCUT2D eigenvalue weighted by Gasteiger charge is -2.16. The summed E-state index contributed by atoms with van der Waals surface area (Å²) in [5, 5.41) is 11.7. The lowest BCUT2D eigenvalue weighted by molar-refractivity contribution is 0.603. The quantitative estimate of drug-likeness (QED) is 0.898. The van der Waals surface area contributed by atoms with Crippen molar-refractivity contribution in [2.75, 3.05) is 7.05 Å². The minimum Gasteiger partial charge on any atom is -0.307 e. The van der Waals surface area contributed by atoms with E-state index in [-0.39, 0.29) is 6.04 Å². The van der Waals surface area contributed by atoms with Crippen LogP contribution in [-0.2, 0) is 7.05 Å². The van der Waals surface area contributed by atoms with Crippen LogP contribution in [0.3, 0.4) is 0 Å². The summed E-state index contributed by atoms with van der Waals surface area (Å²) in [4.78, 5) is 1.17. The minimum atomic E-state index is 0.111. The van der Waals surface area contributed by atoms with E-state index in [0.29, 0.717) is 5.92 Å². The van der Waals surface area contributed by atoms with E-state index in [0.717, 1.165) is 11.4 Å². The maximum atomic E-state index is 4.22. The van der Waals surface area contributed by atoms with Crippen LogP contribution in [-0.4, -0.2) is 26.4 Å². The van der Waals surface area contributed by atoms with Crippen molar-refractivity contribution in [1.29, 1.82) is 0 Å². The van der Waals surface area contributed by atoms with Gasteiger partial charge in [0, 0.05) is 13.2 Å². The van der Waals surface area contributed by atoms with Crippen molar-refractivity contribution in [1.82, 2.24) is 24.7 Å². The van der Waals surface area contributed by atoms with Gasteiger partial charge in [0.25, 0.3) is 0 Å². The number of rotatable bonds is 4. The second kappa shape index (κ2) is 4.93. The average molecular weight is 251 g/mol. The van der Waals surface area contributed by atoms with Crippen molar-refractivity contribution < 1.29 is 0 Å². The maximum absolute atomic E-state index is 4.22. The molecular formula is C11H17N5S. The van der Waals surface area contributed by atoms with Crippen molar-refractivity contribution in [3.8, 4) is 0 Å². The second-order valence-electron chi connectivity index (χ2n) is 4.28. The smallest absolute Gasteiger partial charge is 0.0874 e. The first-order chi connectivity index (χ1) is 8.15. The van der Waals surface area contributed by atoms with Crippen molar-refractivity contribution in [2.24, 2.45) is 7.05 Å². The van der Waals surface area contributed by atoms with Gasteiger partial charge < -0.3 is 5.32 Å². The van der Waals surface area contributed by atoms with Crippen molar-refractivity contribution in [2.45, 2.75) is 25.8 Å². The van der Waals surface area contributed by atoms with Gasteiger partial charge in [-0.2, -0.15) is 5.10 Å². The van der Waals surface area contributed by atoms with Crippen LogP contribution in [0.2, 0.25) is 0 Å². The highest BCUT2D eigenvalue weighted by Gasteiger charge is 2.23. The molecule has 0 saturated carbocycles. The van der Waals surface area contributed by atoms with Gasteiger partial charge in [0.15, 0.2) is 0 Å². The van der Waals surface area contributed by atoms with Crippen molar-refractivity contribution in [3.63, 3.8) is 0 Å². The summed E-state index contributed by atoms with van der Waals surface area (Å²) < 4.78 is 5.95. The fourth-order valence-electron chi connectivity index (χ4n) is 1.89. The SMILES string of the molecule is CNC(c1snnc1C(C)C)c1ccnn1C. The summed E-state index contributed by atoms with van der Waals surface area (Å²) >= 11 is 1.45. The first-order valence-electron chi connectivity index (χ1n) is 5.62. The number of hydrogen-bond donors (Lipinski definition) is 1. The lowest BCUT2D eigenvalue weighted by atomic mass is 10.0. The van der Waals surface area contributed by atoms with Crippen LogP contribution in [0.15, 0.2) is 12.3 Å². The molecule has 5 nitrogen and oxygen atoms in total. The van der Waals surface area contributed by atoms with E-state index in [1.165, 1.54) is 16.4 Å². The van der Waals surface area contributed by atoms with Crippen LogP contribution in [0.25, 0.3) is 0 Å². The molecule has 92 valence electrons. The molecule has 6 heteroatoms. The second-order valence-corrected chi connectivity index (χ2v) is 5.06. The van der Waals surface area contributed by atoms with E-state index in [9.17, 15) is 0 Å². The number of nitrogens with zero attached hydrogens (tertiary/aromatic N) is 4. The summed E-state index contributed by atoms with van der Waals surface area (Å²) in [6.45, 7) is 4.27. The molecule has 1 unspecified atom stereocenters. The highest BCUT2D eigenvalue weighted by atomic mass is 32.1. The van der Waals surface area contributed by atoms with E-state index in [4.69, 9.17) is 0 Å². The molecule has 17 heavy (non-hydrogen) atoms. The van der Waals surface area contributed by atoms with Crippen molar-refractivity contribution >= 4 is 11.5 Å². The van der Waals surface area contributed by atoms with E-state index < -0.39 is 0 Å². The molecular weight excluding hydrogens is 234 g/mol. The number of nitrogens with one attached hydrogen (secondary N) is 1. The topological polar surface area (TPSA) is 55.6 Å². The summed E-state index contributed by atoms with van der Waals surface area (Å²) in [5.74, 6) is 0.382. The summed E-state index contributed by atoms with van der Waals surface area (Å²) in [5.41, 5.74) is 2.19. The predicted octanol–water partition coefficient (Wildman–Crippen LogP) is 1.70. The molecule has 0 spiro atoms. The van der Waals surface area contributed by atoms with Gasteiger partial charge in [-0.15, -0.1) is 5.10 Å². The molecule has 0 aliphatic heterocycles. The van der Waals surface area contributed by atoms with Gasteiger partial charge in [-0.25, -0.2) is 0 Å². The van der Waals surface area contributed by atoms with Gasteiger partial charge in [0.1, 0.15) is 0 Å².